The van der Waals surface area contributed by atoms with Crippen LogP contribution in [0.2, 0.25) is 5.02 Å². The maximum absolute atomic E-state index is 11.9. The predicted molar refractivity (Wildman–Crippen MR) is 79.3 cm³/mol. The van der Waals surface area contributed by atoms with Crippen LogP contribution in [-0.2, 0) is 11.3 Å². The summed E-state index contributed by atoms with van der Waals surface area (Å²) in [6.07, 6.45) is -0.655. The summed E-state index contributed by atoms with van der Waals surface area (Å²) in [6.45, 7) is 5.69. The number of hydrogen-bond acceptors (Lipinski definition) is 4. The molecule has 3 N–H and O–H groups in total. The van der Waals surface area contributed by atoms with E-state index in [-0.39, 0.29) is 18.5 Å². The van der Waals surface area contributed by atoms with Crippen molar-refractivity contribution in [1.29, 1.82) is 0 Å². The zero-order valence-corrected chi connectivity index (χ0v) is 13.0. The monoisotopic (exact) mass is 300 g/mol. The Morgan fingerprint density at radius 1 is 1.40 bits per heavy atom. The van der Waals surface area contributed by atoms with E-state index in [4.69, 9.17) is 26.8 Å². The van der Waals surface area contributed by atoms with E-state index in [1.54, 1.807) is 19.1 Å². The first-order valence-corrected chi connectivity index (χ1v) is 6.80. The molecule has 0 aliphatic heterocycles. The van der Waals surface area contributed by atoms with E-state index >= 15 is 0 Å². The highest BCUT2D eigenvalue weighted by Gasteiger charge is 2.20. The fourth-order valence-corrected chi connectivity index (χ4v) is 1.92. The Morgan fingerprint density at radius 3 is 2.55 bits per heavy atom. The van der Waals surface area contributed by atoms with Crippen LogP contribution in [0, 0.1) is 0 Å². The molecule has 0 saturated heterocycles. The number of methoxy groups -OCH3 is 1. The molecular weight excluding hydrogens is 280 g/mol. The van der Waals surface area contributed by atoms with Gasteiger partial charge in [0, 0.05) is 29.2 Å². The Kier molecular flexibility index (Phi) is 6.10. The molecule has 0 heterocycles. The third-order valence-corrected chi connectivity index (χ3v) is 2.85. The second-order valence-electron chi connectivity index (χ2n) is 4.72. The van der Waals surface area contributed by atoms with Gasteiger partial charge in [0.25, 0.3) is 5.91 Å². The molecule has 0 aromatic heterocycles. The zero-order chi connectivity index (χ0) is 15.3. The van der Waals surface area contributed by atoms with Crippen LogP contribution in [0.5, 0.6) is 11.5 Å². The zero-order valence-electron chi connectivity index (χ0n) is 12.2. The SMILES string of the molecule is COc1cc(Cl)cc(CN)c1OC(C)C(=O)NC(C)C. The number of rotatable bonds is 6. The van der Waals surface area contributed by atoms with Crippen molar-refractivity contribution in [2.75, 3.05) is 7.11 Å². The summed E-state index contributed by atoms with van der Waals surface area (Å²) < 4.78 is 10.9. The molecule has 6 heteroatoms. The van der Waals surface area contributed by atoms with E-state index < -0.39 is 6.10 Å². The Morgan fingerprint density at radius 2 is 2.05 bits per heavy atom. The lowest BCUT2D eigenvalue weighted by molar-refractivity contribution is -0.127. The molecule has 20 heavy (non-hydrogen) atoms. The van der Waals surface area contributed by atoms with Gasteiger partial charge in [-0.15, -0.1) is 0 Å². The summed E-state index contributed by atoms with van der Waals surface area (Å²) in [7, 11) is 1.51. The average molecular weight is 301 g/mol. The Bertz CT molecular complexity index is 452. The maximum atomic E-state index is 11.9. The molecule has 5 nitrogen and oxygen atoms in total. The lowest BCUT2D eigenvalue weighted by Crippen LogP contribution is -2.40. The van der Waals surface area contributed by atoms with Crippen LogP contribution in [0.25, 0.3) is 0 Å². The largest absolute Gasteiger partial charge is 0.493 e. The van der Waals surface area contributed by atoms with Gasteiger partial charge < -0.3 is 20.5 Å². The molecule has 1 rings (SSSR count). The summed E-state index contributed by atoms with van der Waals surface area (Å²) in [6, 6.07) is 3.38. The van der Waals surface area contributed by atoms with Gasteiger partial charge in [0.1, 0.15) is 0 Å². The number of nitrogens with two attached hydrogens (primary N) is 1. The summed E-state index contributed by atoms with van der Waals surface area (Å²) >= 11 is 5.98. The minimum atomic E-state index is -0.655. The van der Waals surface area contributed by atoms with Gasteiger partial charge >= 0.3 is 0 Å². The maximum Gasteiger partial charge on any atom is 0.260 e. The van der Waals surface area contributed by atoms with Gasteiger partial charge in [-0.1, -0.05) is 11.6 Å². The lowest BCUT2D eigenvalue weighted by Gasteiger charge is -2.20. The van der Waals surface area contributed by atoms with E-state index in [1.165, 1.54) is 7.11 Å². The first kappa shape index (κ1) is 16.6. The topological polar surface area (TPSA) is 73.6 Å². The van der Waals surface area contributed by atoms with Gasteiger partial charge in [-0.25, -0.2) is 0 Å². The van der Waals surface area contributed by atoms with Gasteiger partial charge in [0.2, 0.25) is 0 Å². The first-order valence-electron chi connectivity index (χ1n) is 6.42. The molecule has 0 spiro atoms. The van der Waals surface area contributed by atoms with Crippen molar-refractivity contribution >= 4 is 17.5 Å². The average Bonchev–Trinajstić information content (AvgIpc) is 2.38. The van der Waals surface area contributed by atoms with E-state index in [2.05, 4.69) is 5.32 Å². The second kappa shape index (κ2) is 7.36. The minimum Gasteiger partial charge on any atom is -0.493 e. The molecule has 1 amide bonds. The Hall–Kier alpha value is -1.46. The van der Waals surface area contributed by atoms with Crippen LogP contribution in [0.1, 0.15) is 26.3 Å². The summed E-state index contributed by atoms with van der Waals surface area (Å²) in [5.41, 5.74) is 6.37. The molecule has 1 atom stereocenters. The number of carbonyl (C=O) groups excluding carboxylic acids is 1. The highest BCUT2D eigenvalue weighted by atomic mass is 35.5. The van der Waals surface area contributed by atoms with Gasteiger partial charge in [0.15, 0.2) is 17.6 Å². The molecule has 1 aromatic carbocycles. The molecule has 0 aliphatic carbocycles. The van der Waals surface area contributed by atoms with Gasteiger partial charge in [-0.3, -0.25) is 4.79 Å². The molecule has 112 valence electrons. The second-order valence-corrected chi connectivity index (χ2v) is 5.16. The van der Waals surface area contributed by atoms with Crippen molar-refractivity contribution in [2.24, 2.45) is 5.73 Å². The Balaban J connectivity index is 2.98. The number of ether oxygens (including phenoxy) is 2. The van der Waals surface area contributed by atoms with Gasteiger partial charge in [0.05, 0.1) is 7.11 Å². The van der Waals surface area contributed by atoms with E-state index in [0.717, 1.165) is 0 Å². The van der Waals surface area contributed by atoms with Crippen molar-refractivity contribution in [3.63, 3.8) is 0 Å². The normalized spacial score (nSPS) is 12.2. The predicted octanol–water partition coefficient (Wildman–Crippen LogP) is 2.10. The highest BCUT2D eigenvalue weighted by molar-refractivity contribution is 6.30. The molecular formula is C14H21ClN2O3. The van der Waals surface area contributed by atoms with Crippen LogP contribution < -0.4 is 20.5 Å². The first-order chi connectivity index (χ1) is 9.38. The fraction of sp³-hybridized carbons (Fsp3) is 0.500. The highest BCUT2D eigenvalue weighted by Crippen LogP contribution is 2.35. The van der Waals surface area contributed by atoms with Crippen molar-refractivity contribution in [3.8, 4) is 11.5 Å². The van der Waals surface area contributed by atoms with Crippen molar-refractivity contribution in [1.82, 2.24) is 5.32 Å². The third kappa shape index (κ3) is 4.28. The smallest absolute Gasteiger partial charge is 0.260 e. The van der Waals surface area contributed by atoms with E-state index in [1.807, 2.05) is 13.8 Å². The van der Waals surface area contributed by atoms with Crippen molar-refractivity contribution in [3.05, 3.63) is 22.7 Å². The molecule has 0 saturated carbocycles. The summed E-state index contributed by atoms with van der Waals surface area (Å²) in [5, 5.41) is 3.30. The molecule has 1 unspecified atom stereocenters. The van der Waals surface area contributed by atoms with Crippen LogP contribution >= 0.6 is 11.6 Å². The minimum absolute atomic E-state index is 0.0506. The van der Waals surface area contributed by atoms with E-state index in [0.29, 0.717) is 22.1 Å². The molecule has 0 radical (unpaired) electrons. The molecule has 1 aromatic rings. The number of halogens is 1. The van der Waals surface area contributed by atoms with Crippen molar-refractivity contribution < 1.29 is 14.3 Å². The van der Waals surface area contributed by atoms with Gasteiger partial charge in [-0.05, 0) is 26.8 Å². The number of benzene rings is 1. The Labute approximate surface area is 124 Å². The van der Waals surface area contributed by atoms with Crippen molar-refractivity contribution in [2.45, 2.75) is 39.5 Å². The van der Waals surface area contributed by atoms with Crippen LogP contribution in [0.4, 0.5) is 0 Å². The van der Waals surface area contributed by atoms with Crippen LogP contribution in [0.15, 0.2) is 12.1 Å². The summed E-state index contributed by atoms with van der Waals surface area (Å²) in [5.74, 6) is 0.716. The van der Waals surface area contributed by atoms with Crippen LogP contribution in [0.3, 0.4) is 0 Å². The molecule has 0 fully saturated rings. The number of nitrogens with one attached hydrogen (secondary N) is 1. The number of carbonyl (C=O) groups is 1. The molecule has 0 aliphatic rings. The standard InChI is InChI=1S/C14H21ClN2O3/c1-8(2)17-14(18)9(3)20-13-10(7-16)5-11(15)6-12(13)19-4/h5-6,8-9H,7,16H2,1-4H3,(H,17,18). The van der Waals surface area contributed by atoms with Gasteiger partial charge in [-0.2, -0.15) is 0 Å². The quantitative estimate of drug-likeness (QED) is 0.844. The van der Waals surface area contributed by atoms with Crippen LogP contribution in [-0.4, -0.2) is 25.2 Å². The molecule has 0 bridgehead atoms. The fourth-order valence-electron chi connectivity index (χ4n) is 1.69. The van der Waals surface area contributed by atoms with E-state index in [9.17, 15) is 4.79 Å². The lowest BCUT2D eigenvalue weighted by atomic mass is 10.2. The summed E-state index contributed by atoms with van der Waals surface area (Å²) in [4.78, 5) is 11.9. The number of hydrogen-bond donors (Lipinski definition) is 2. The third-order valence-electron chi connectivity index (χ3n) is 2.63. The number of amides is 1.